The molecular weight excluding hydrogens is 300 g/mol. The highest BCUT2D eigenvalue weighted by Gasteiger charge is 2.25. The number of piperidine rings is 1. The normalized spacial score (nSPS) is 18.9. The lowest BCUT2D eigenvalue weighted by Crippen LogP contribution is -2.44. The van der Waals surface area contributed by atoms with Gasteiger partial charge in [0, 0.05) is 19.6 Å². The Balaban J connectivity index is 1.81. The molecule has 6 heteroatoms. The van der Waals surface area contributed by atoms with Gasteiger partial charge in [0.05, 0.1) is 4.88 Å². The maximum atomic E-state index is 12.4. The first-order valence-corrected chi connectivity index (χ1v) is 8.53. The summed E-state index contributed by atoms with van der Waals surface area (Å²) >= 11 is 1.47. The lowest BCUT2D eigenvalue weighted by molar-refractivity contribution is 0.0503. The minimum Gasteiger partial charge on any atom is -0.444 e. The minimum atomic E-state index is -0.488. The molecule has 5 nitrogen and oxygen atoms in total. The Kier molecular flexibility index (Phi) is 5.45. The molecule has 1 N–H and O–H groups in total. The van der Waals surface area contributed by atoms with E-state index in [2.05, 4.69) is 5.32 Å². The molecule has 0 saturated carbocycles. The molecule has 1 aliphatic rings. The standard InChI is InChI=1S/C16H24N2O3S/c1-16(2,3)21-15(20)17-10-12-6-4-8-18(11-12)14(19)13-7-5-9-22-13/h5,7,9,12H,4,6,8,10-11H2,1-3H3,(H,17,20)/t12-/m0/s1. The number of hydrogen-bond donors (Lipinski definition) is 1. The smallest absolute Gasteiger partial charge is 0.407 e. The second-order valence-electron chi connectivity index (χ2n) is 6.62. The molecule has 1 aromatic heterocycles. The van der Waals surface area contributed by atoms with Crippen molar-refractivity contribution >= 4 is 23.3 Å². The van der Waals surface area contributed by atoms with Gasteiger partial charge in [-0.25, -0.2) is 4.79 Å². The Hall–Kier alpha value is -1.56. The average molecular weight is 324 g/mol. The lowest BCUT2D eigenvalue weighted by atomic mass is 9.98. The van der Waals surface area contributed by atoms with E-state index in [4.69, 9.17) is 4.74 Å². The van der Waals surface area contributed by atoms with Gasteiger partial charge in [0.1, 0.15) is 5.60 Å². The van der Waals surface area contributed by atoms with Crippen LogP contribution in [0.3, 0.4) is 0 Å². The van der Waals surface area contributed by atoms with E-state index < -0.39 is 11.7 Å². The first-order valence-electron chi connectivity index (χ1n) is 7.65. The summed E-state index contributed by atoms with van der Waals surface area (Å²) in [6.45, 7) is 7.55. The van der Waals surface area contributed by atoms with Crippen LogP contribution in [0.25, 0.3) is 0 Å². The minimum absolute atomic E-state index is 0.0944. The van der Waals surface area contributed by atoms with Crippen molar-refractivity contribution in [3.63, 3.8) is 0 Å². The zero-order chi connectivity index (χ0) is 16.2. The van der Waals surface area contributed by atoms with Crippen LogP contribution in [0.2, 0.25) is 0 Å². The SMILES string of the molecule is CC(C)(C)OC(=O)NC[C@@H]1CCCN(C(=O)c2cccs2)C1. The molecule has 0 spiro atoms. The quantitative estimate of drug-likeness (QED) is 0.929. The highest BCUT2D eigenvalue weighted by Crippen LogP contribution is 2.20. The number of likely N-dealkylation sites (tertiary alicyclic amines) is 1. The van der Waals surface area contributed by atoms with Crippen LogP contribution < -0.4 is 5.32 Å². The Bertz CT molecular complexity index is 508. The Labute approximate surface area is 135 Å². The highest BCUT2D eigenvalue weighted by molar-refractivity contribution is 7.12. The topological polar surface area (TPSA) is 58.6 Å². The van der Waals surface area contributed by atoms with Crippen LogP contribution in [-0.4, -0.2) is 42.1 Å². The molecule has 0 aromatic carbocycles. The number of amides is 2. The number of carbonyl (C=O) groups is 2. The highest BCUT2D eigenvalue weighted by atomic mass is 32.1. The maximum Gasteiger partial charge on any atom is 0.407 e. The summed E-state index contributed by atoms with van der Waals surface area (Å²) in [5, 5.41) is 4.72. The van der Waals surface area contributed by atoms with Gasteiger partial charge in [0.15, 0.2) is 0 Å². The summed E-state index contributed by atoms with van der Waals surface area (Å²) in [6, 6.07) is 3.75. The summed E-state index contributed by atoms with van der Waals surface area (Å²) in [5.74, 6) is 0.377. The van der Waals surface area contributed by atoms with Crippen molar-refractivity contribution < 1.29 is 14.3 Å². The number of alkyl carbamates (subject to hydrolysis) is 1. The molecule has 1 fully saturated rings. The second-order valence-corrected chi connectivity index (χ2v) is 7.57. The molecule has 122 valence electrons. The largest absolute Gasteiger partial charge is 0.444 e. The van der Waals surface area contributed by atoms with Crippen molar-refractivity contribution in [1.82, 2.24) is 10.2 Å². The van der Waals surface area contributed by atoms with Crippen molar-refractivity contribution in [3.8, 4) is 0 Å². The summed E-state index contributed by atoms with van der Waals surface area (Å²) in [6.07, 6.45) is 1.59. The van der Waals surface area contributed by atoms with E-state index in [9.17, 15) is 9.59 Å². The molecule has 0 radical (unpaired) electrons. The van der Waals surface area contributed by atoms with Crippen molar-refractivity contribution in [2.45, 2.75) is 39.2 Å². The molecule has 22 heavy (non-hydrogen) atoms. The summed E-state index contributed by atoms with van der Waals surface area (Å²) in [4.78, 5) is 26.7. The molecule has 0 aliphatic carbocycles. The Morgan fingerprint density at radius 1 is 1.45 bits per heavy atom. The van der Waals surface area contributed by atoms with Crippen LogP contribution in [0.4, 0.5) is 4.79 Å². The zero-order valence-corrected chi connectivity index (χ0v) is 14.2. The summed E-state index contributed by atoms with van der Waals surface area (Å²) in [5.41, 5.74) is -0.488. The Morgan fingerprint density at radius 3 is 2.86 bits per heavy atom. The molecule has 2 rings (SSSR count). The van der Waals surface area contributed by atoms with E-state index in [1.165, 1.54) is 11.3 Å². The first kappa shape index (κ1) is 16.8. The van der Waals surface area contributed by atoms with E-state index >= 15 is 0 Å². The molecule has 1 aliphatic heterocycles. The molecule has 1 saturated heterocycles. The maximum absolute atomic E-state index is 12.4. The Morgan fingerprint density at radius 2 is 2.23 bits per heavy atom. The molecule has 2 heterocycles. The molecule has 0 bridgehead atoms. The van der Waals surface area contributed by atoms with Crippen LogP contribution in [0.5, 0.6) is 0 Å². The van der Waals surface area contributed by atoms with Crippen molar-refractivity contribution in [3.05, 3.63) is 22.4 Å². The van der Waals surface area contributed by atoms with Crippen molar-refractivity contribution in [1.29, 1.82) is 0 Å². The number of hydrogen-bond acceptors (Lipinski definition) is 4. The van der Waals surface area contributed by atoms with Crippen LogP contribution in [0.15, 0.2) is 17.5 Å². The molecule has 1 aromatic rings. The van der Waals surface area contributed by atoms with Gasteiger partial charge < -0.3 is 15.0 Å². The fraction of sp³-hybridized carbons (Fsp3) is 0.625. The van der Waals surface area contributed by atoms with Gasteiger partial charge in [0.25, 0.3) is 5.91 Å². The van der Waals surface area contributed by atoms with Gasteiger partial charge >= 0.3 is 6.09 Å². The number of thiophene rings is 1. The fourth-order valence-electron chi connectivity index (χ4n) is 2.51. The third kappa shape index (κ3) is 5.02. The predicted octanol–water partition coefficient (Wildman–Crippen LogP) is 3.13. The number of ether oxygens (including phenoxy) is 1. The number of carbonyl (C=O) groups excluding carboxylic acids is 2. The monoisotopic (exact) mass is 324 g/mol. The van der Waals surface area contributed by atoms with Crippen LogP contribution in [-0.2, 0) is 4.74 Å². The second kappa shape index (κ2) is 7.13. The van der Waals surface area contributed by atoms with Crippen molar-refractivity contribution in [2.75, 3.05) is 19.6 Å². The third-order valence-electron chi connectivity index (χ3n) is 3.47. The van der Waals surface area contributed by atoms with Gasteiger partial charge in [-0.1, -0.05) is 6.07 Å². The third-order valence-corrected chi connectivity index (χ3v) is 4.33. The van der Waals surface area contributed by atoms with E-state index in [1.807, 2.05) is 43.2 Å². The van der Waals surface area contributed by atoms with E-state index in [1.54, 1.807) is 0 Å². The van der Waals surface area contributed by atoms with Crippen LogP contribution in [0, 0.1) is 5.92 Å². The van der Waals surface area contributed by atoms with Gasteiger partial charge in [-0.3, -0.25) is 4.79 Å². The molecule has 0 unspecified atom stereocenters. The van der Waals surface area contributed by atoms with Gasteiger partial charge in [0.2, 0.25) is 0 Å². The van der Waals surface area contributed by atoms with E-state index in [-0.39, 0.29) is 11.8 Å². The molecular formula is C16H24N2O3S. The lowest BCUT2D eigenvalue weighted by Gasteiger charge is -2.32. The number of nitrogens with zero attached hydrogens (tertiary/aromatic N) is 1. The summed E-state index contributed by atoms with van der Waals surface area (Å²) < 4.78 is 5.23. The first-order chi connectivity index (χ1) is 10.3. The zero-order valence-electron chi connectivity index (χ0n) is 13.4. The van der Waals surface area contributed by atoms with Gasteiger partial charge in [-0.15, -0.1) is 11.3 Å². The van der Waals surface area contributed by atoms with Crippen LogP contribution in [0.1, 0.15) is 43.3 Å². The average Bonchev–Trinajstić information content (AvgIpc) is 2.97. The van der Waals surface area contributed by atoms with Crippen molar-refractivity contribution in [2.24, 2.45) is 5.92 Å². The van der Waals surface area contributed by atoms with Gasteiger partial charge in [-0.2, -0.15) is 0 Å². The van der Waals surface area contributed by atoms with E-state index in [0.29, 0.717) is 13.1 Å². The summed E-state index contributed by atoms with van der Waals surface area (Å²) in [7, 11) is 0. The molecule has 2 amide bonds. The number of rotatable bonds is 3. The predicted molar refractivity (Wildman–Crippen MR) is 87.2 cm³/mol. The van der Waals surface area contributed by atoms with Gasteiger partial charge in [-0.05, 0) is 51.0 Å². The van der Waals surface area contributed by atoms with Crippen LogP contribution >= 0.6 is 11.3 Å². The molecule has 1 atom stereocenters. The fourth-order valence-corrected chi connectivity index (χ4v) is 3.20. The number of nitrogens with one attached hydrogen (secondary N) is 1. The van der Waals surface area contributed by atoms with E-state index in [0.717, 1.165) is 24.3 Å².